The normalized spacial score (nSPS) is 12.4. The van der Waals surface area contributed by atoms with Gasteiger partial charge in [0, 0.05) is 11.4 Å². The summed E-state index contributed by atoms with van der Waals surface area (Å²) in [5.41, 5.74) is 1.57. The molecular weight excluding hydrogens is 356 g/mol. The number of aromatic hydroxyl groups is 1. The van der Waals surface area contributed by atoms with Crippen molar-refractivity contribution >= 4 is 22.5 Å². The first-order valence-electron chi connectivity index (χ1n) is 8.86. The zero-order valence-corrected chi connectivity index (χ0v) is 15.8. The van der Waals surface area contributed by atoms with E-state index in [-0.39, 0.29) is 17.6 Å². The van der Waals surface area contributed by atoms with Crippen molar-refractivity contribution in [2.24, 2.45) is 10.2 Å². The predicted molar refractivity (Wildman–Crippen MR) is 105 cm³/mol. The van der Waals surface area contributed by atoms with Crippen LogP contribution < -0.4 is 4.74 Å². The number of aromatic nitrogens is 1. The molecule has 1 aromatic heterocycles. The molecule has 28 heavy (non-hydrogen) atoms. The van der Waals surface area contributed by atoms with Gasteiger partial charge in [-0.05, 0) is 51.1 Å². The van der Waals surface area contributed by atoms with Crippen LogP contribution in [0.1, 0.15) is 32.4 Å². The number of amides is 1. The number of hydrogen-bond acceptors (Lipinski definition) is 5. The SMILES string of the molecule is CC(Oc1ccc(C#N)cc1)C(=O)N=Nc1c(O)n(C(C)C)c2ccccc12. The van der Waals surface area contributed by atoms with E-state index in [1.54, 1.807) is 35.8 Å². The average molecular weight is 376 g/mol. The Morgan fingerprint density at radius 1 is 1.14 bits per heavy atom. The van der Waals surface area contributed by atoms with E-state index in [1.807, 2.05) is 44.2 Å². The number of hydrogen-bond donors (Lipinski definition) is 1. The monoisotopic (exact) mass is 376 g/mol. The van der Waals surface area contributed by atoms with Crippen molar-refractivity contribution in [2.75, 3.05) is 0 Å². The van der Waals surface area contributed by atoms with Crippen molar-refractivity contribution in [1.82, 2.24) is 4.57 Å². The molecule has 1 atom stereocenters. The number of nitrogens with zero attached hydrogens (tertiary/aromatic N) is 4. The standard InChI is InChI=1S/C21H20N4O3/c1-13(2)25-18-7-5-4-6-17(18)19(21(25)27)23-24-20(26)14(3)28-16-10-8-15(12-22)9-11-16/h4-11,13-14,27H,1-3H3. The van der Waals surface area contributed by atoms with Crippen LogP contribution >= 0.6 is 0 Å². The topological polar surface area (TPSA) is 100.0 Å². The molecule has 0 saturated carbocycles. The van der Waals surface area contributed by atoms with Gasteiger partial charge in [0.2, 0.25) is 5.88 Å². The largest absolute Gasteiger partial charge is 0.493 e. The number of nitriles is 1. The van der Waals surface area contributed by atoms with Crippen molar-refractivity contribution < 1.29 is 14.6 Å². The lowest BCUT2D eigenvalue weighted by Gasteiger charge is -2.10. The molecule has 7 nitrogen and oxygen atoms in total. The molecule has 0 aliphatic rings. The number of benzene rings is 2. The van der Waals surface area contributed by atoms with Crippen molar-refractivity contribution in [3.8, 4) is 17.7 Å². The zero-order chi connectivity index (χ0) is 20.3. The molecule has 1 N–H and O–H groups in total. The van der Waals surface area contributed by atoms with Crippen LogP contribution in [0, 0.1) is 11.3 Å². The van der Waals surface area contributed by atoms with E-state index in [0.29, 0.717) is 16.7 Å². The maximum Gasteiger partial charge on any atom is 0.304 e. The molecule has 3 aromatic rings. The van der Waals surface area contributed by atoms with Crippen LogP contribution in [0.2, 0.25) is 0 Å². The first-order chi connectivity index (χ1) is 13.4. The molecule has 0 radical (unpaired) electrons. The molecule has 0 bridgehead atoms. The molecule has 0 aliphatic heterocycles. The fraction of sp³-hybridized carbons (Fsp3) is 0.238. The lowest BCUT2D eigenvalue weighted by atomic mass is 10.2. The molecule has 1 unspecified atom stereocenters. The highest BCUT2D eigenvalue weighted by Crippen LogP contribution is 2.40. The van der Waals surface area contributed by atoms with Crippen molar-refractivity contribution in [1.29, 1.82) is 5.26 Å². The average Bonchev–Trinajstić information content (AvgIpc) is 2.98. The number of ether oxygens (including phenoxy) is 1. The van der Waals surface area contributed by atoms with E-state index >= 15 is 0 Å². The maximum absolute atomic E-state index is 12.3. The highest BCUT2D eigenvalue weighted by molar-refractivity contribution is 5.95. The molecule has 1 amide bonds. The minimum Gasteiger partial charge on any atom is -0.493 e. The molecular formula is C21H20N4O3. The molecule has 3 rings (SSSR count). The third-order valence-corrected chi connectivity index (χ3v) is 4.27. The highest BCUT2D eigenvalue weighted by Gasteiger charge is 2.19. The van der Waals surface area contributed by atoms with Gasteiger partial charge >= 0.3 is 5.91 Å². The Kier molecular flexibility index (Phi) is 5.41. The van der Waals surface area contributed by atoms with Crippen molar-refractivity contribution in [2.45, 2.75) is 32.9 Å². The summed E-state index contributed by atoms with van der Waals surface area (Å²) < 4.78 is 7.29. The van der Waals surface area contributed by atoms with E-state index in [9.17, 15) is 9.90 Å². The van der Waals surface area contributed by atoms with Gasteiger partial charge in [-0.25, -0.2) is 0 Å². The molecule has 0 saturated heterocycles. The third-order valence-electron chi connectivity index (χ3n) is 4.27. The Hall–Kier alpha value is -3.66. The summed E-state index contributed by atoms with van der Waals surface area (Å²) in [6.07, 6.45) is -0.864. The van der Waals surface area contributed by atoms with Crippen molar-refractivity contribution in [3.05, 3.63) is 54.1 Å². The fourth-order valence-corrected chi connectivity index (χ4v) is 2.90. The number of carbonyl (C=O) groups is 1. The van der Waals surface area contributed by atoms with Crippen LogP contribution in [0.4, 0.5) is 5.69 Å². The van der Waals surface area contributed by atoms with Gasteiger partial charge in [-0.2, -0.15) is 5.26 Å². The smallest absolute Gasteiger partial charge is 0.304 e. The van der Waals surface area contributed by atoms with Gasteiger partial charge in [0.25, 0.3) is 0 Å². The number of azo groups is 1. The van der Waals surface area contributed by atoms with Crippen LogP contribution in [-0.4, -0.2) is 21.7 Å². The summed E-state index contributed by atoms with van der Waals surface area (Å²) in [5.74, 6) is -0.159. The van der Waals surface area contributed by atoms with E-state index in [1.165, 1.54) is 0 Å². The van der Waals surface area contributed by atoms with Crippen LogP contribution in [0.3, 0.4) is 0 Å². The summed E-state index contributed by atoms with van der Waals surface area (Å²) in [4.78, 5) is 12.3. The molecule has 0 spiro atoms. The molecule has 142 valence electrons. The molecule has 2 aromatic carbocycles. The molecule has 0 aliphatic carbocycles. The Morgan fingerprint density at radius 2 is 1.82 bits per heavy atom. The molecule has 1 heterocycles. The second-order valence-electron chi connectivity index (χ2n) is 6.59. The van der Waals surface area contributed by atoms with Gasteiger partial charge in [0.05, 0.1) is 17.1 Å². The minimum atomic E-state index is -0.864. The second kappa shape index (κ2) is 7.92. The maximum atomic E-state index is 12.3. The highest BCUT2D eigenvalue weighted by atomic mass is 16.5. The lowest BCUT2D eigenvalue weighted by molar-refractivity contribution is -0.124. The first-order valence-corrected chi connectivity index (χ1v) is 8.86. The Labute approximate surface area is 162 Å². The van der Waals surface area contributed by atoms with E-state index in [0.717, 1.165) is 5.52 Å². The number of para-hydroxylation sites is 1. The minimum absolute atomic E-state index is 0.0168. The lowest BCUT2D eigenvalue weighted by Crippen LogP contribution is -2.21. The predicted octanol–water partition coefficient (Wildman–Crippen LogP) is 4.88. The van der Waals surface area contributed by atoms with Crippen LogP contribution in [0.5, 0.6) is 11.6 Å². The Morgan fingerprint density at radius 3 is 2.46 bits per heavy atom. The summed E-state index contributed by atoms with van der Waals surface area (Å²) in [5, 5.41) is 27.8. The van der Waals surface area contributed by atoms with Gasteiger partial charge in [-0.1, -0.05) is 18.2 Å². The Balaban J connectivity index is 1.82. The summed E-state index contributed by atoms with van der Waals surface area (Å²) in [6, 6.07) is 15.9. The summed E-state index contributed by atoms with van der Waals surface area (Å²) in [7, 11) is 0. The number of fused-ring (bicyclic) bond motifs is 1. The van der Waals surface area contributed by atoms with E-state index in [4.69, 9.17) is 10.00 Å². The number of rotatable bonds is 5. The van der Waals surface area contributed by atoms with E-state index in [2.05, 4.69) is 10.2 Å². The molecule has 0 fully saturated rings. The summed E-state index contributed by atoms with van der Waals surface area (Å²) in [6.45, 7) is 5.47. The first kappa shape index (κ1) is 19.1. The van der Waals surface area contributed by atoms with Gasteiger partial charge in [-0.3, -0.25) is 4.79 Å². The van der Waals surface area contributed by atoms with Crippen LogP contribution in [-0.2, 0) is 4.79 Å². The quantitative estimate of drug-likeness (QED) is 0.642. The second-order valence-corrected chi connectivity index (χ2v) is 6.59. The fourth-order valence-electron chi connectivity index (χ4n) is 2.90. The van der Waals surface area contributed by atoms with Gasteiger partial charge < -0.3 is 14.4 Å². The summed E-state index contributed by atoms with van der Waals surface area (Å²) >= 11 is 0. The van der Waals surface area contributed by atoms with E-state index < -0.39 is 12.0 Å². The third kappa shape index (κ3) is 3.71. The van der Waals surface area contributed by atoms with Crippen LogP contribution in [0.25, 0.3) is 10.9 Å². The van der Waals surface area contributed by atoms with Crippen LogP contribution in [0.15, 0.2) is 58.8 Å². The molecule has 7 heteroatoms. The zero-order valence-electron chi connectivity index (χ0n) is 15.8. The van der Waals surface area contributed by atoms with Gasteiger partial charge in [-0.15, -0.1) is 10.2 Å². The Bertz CT molecular complexity index is 1080. The van der Waals surface area contributed by atoms with Gasteiger partial charge in [0.15, 0.2) is 11.8 Å². The van der Waals surface area contributed by atoms with Crippen molar-refractivity contribution in [3.63, 3.8) is 0 Å². The number of carbonyl (C=O) groups excluding carboxylic acids is 1. The van der Waals surface area contributed by atoms with Gasteiger partial charge in [0.1, 0.15) is 5.75 Å².